The molecule has 0 aliphatic heterocycles. The van der Waals surface area contributed by atoms with Crippen LogP contribution in [0.5, 0.6) is 0 Å². The van der Waals surface area contributed by atoms with Crippen LogP contribution in [0.25, 0.3) is 5.70 Å². The molecule has 2 N–H and O–H groups in total. The topological polar surface area (TPSA) is 54.5 Å². The van der Waals surface area contributed by atoms with Crippen LogP contribution in [-0.2, 0) is 0 Å². The number of aromatic nitrogens is 1. The molecule has 31 heavy (non-hydrogen) atoms. The SMILES string of the molecule is C=C(N=C(N)CC(C)C)c1ccc(C)cn1.CCCN(CC)C1CCC(C(C)(C)C)C1. The Labute approximate surface area is 192 Å². The maximum atomic E-state index is 5.80. The summed E-state index contributed by atoms with van der Waals surface area (Å²) in [6.07, 6.45) is 8.17. The van der Waals surface area contributed by atoms with Crippen molar-refractivity contribution in [3.8, 4) is 0 Å². The summed E-state index contributed by atoms with van der Waals surface area (Å²) in [4.78, 5) is 11.2. The van der Waals surface area contributed by atoms with Gasteiger partial charge in [0.2, 0.25) is 0 Å². The number of aryl methyl sites for hydroxylation is 1. The van der Waals surface area contributed by atoms with E-state index in [1.54, 1.807) is 6.20 Å². The molecule has 4 heteroatoms. The third-order valence-corrected chi connectivity index (χ3v) is 6.17. The predicted octanol–water partition coefficient (Wildman–Crippen LogP) is 6.70. The molecule has 1 aromatic heterocycles. The highest BCUT2D eigenvalue weighted by atomic mass is 15.1. The standard InChI is InChI=1S/C14H29N.C13H19N3/c1-6-10-15(7-2)13-9-8-12(11-13)14(3,4)5;1-9(2)7-13(14)16-11(4)12-6-5-10(3)8-15-12/h12-13H,6-11H2,1-5H3;5-6,8-9H,4,7H2,1-3H3,(H2,14,16). The summed E-state index contributed by atoms with van der Waals surface area (Å²) < 4.78 is 0. The monoisotopic (exact) mass is 428 g/mol. The maximum Gasteiger partial charge on any atom is 0.0999 e. The van der Waals surface area contributed by atoms with Gasteiger partial charge in [-0.25, -0.2) is 4.99 Å². The van der Waals surface area contributed by atoms with E-state index >= 15 is 0 Å². The van der Waals surface area contributed by atoms with Gasteiger partial charge in [0.05, 0.1) is 17.2 Å². The fourth-order valence-corrected chi connectivity index (χ4v) is 4.30. The third-order valence-electron chi connectivity index (χ3n) is 6.17. The largest absolute Gasteiger partial charge is 0.387 e. The lowest BCUT2D eigenvalue weighted by Gasteiger charge is -2.30. The Morgan fingerprint density at radius 1 is 1.26 bits per heavy atom. The lowest BCUT2D eigenvalue weighted by atomic mass is 9.79. The van der Waals surface area contributed by atoms with Gasteiger partial charge in [0.25, 0.3) is 0 Å². The number of aliphatic imine (C=N–C) groups is 1. The Morgan fingerprint density at radius 3 is 2.39 bits per heavy atom. The zero-order chi connectivity index (χ0) is 23.6. The van der Waals surface area contributed by atoms with E-state index in [9.17, 15) is 0 Å². The van der Waals surface area contributed by atoms with Gasteiger partial charge in [-0.3, -0.25) is 4.98 Å². The van der Waals surface area contributed by atoms with Crippen LogP contribution in [0.4, 0.5) is 0 Å². The second kappa shape index (κ2) is 13.0. The summed E-state index contributed by atoms with van der Waals surface area (Å²) in [5, 5.41) is 0. The number of nitrogens with zero attached hydrogens (tertiary/aromatic N) is 3. The van der Waals surface area contributed by atoms with Gasteiger partial charge in [0.15, 0.2) is 0 Å². The molecule has 4 nitrogen and oxygen atoms in total. The minimum absolute atomic E-state index is 0.502. The summed E-state index contributed by atoms with van der Waals surface area (Å²) in [5.41, 5.74) is 8.84. The Bertz CT molecular complexity index is 682. The van der Waals surface area contributed by atoms with Crippen molar-refractivity contribution in [2.45, 2.75) is 93.5 Å². The molecule has 1 aliphatic carbocycles. The maximum absolute atomic E-state index is 5.80. The quantitative estimate of drug-likeness (QED) is 0.370. The van der Waals surface area contributed by atoms with Crippen LogP contribution in [0.1, 0.15) is 91.8 Å². The number of hydrogen-bond acceptors (Lipinski definition) is 3. The van der Waals surface area contributed by atoms with E-state index < -0.39 is 0 Å². The molecule has 2 rings (SSSR count). The minimum atomic E-state index is 0.502. The number of pyridine rings is 1. The first-order valence-electron chi connectivity index (χ1n) is 12.2. The Morgan fingerprint density at radius 2 is 1.94 bits per heavy atom. The fourth-order valence-electron chi connectivity index (χ4n) is 4.30. The van der Waals surface area contributed by atoms with Crippen molar-refractivity contribution in [1.29, 1.82) is 0 Å². The number of nitrogens with two attached hydrogens (primary N) is 1. The van der Waals surface area contributed by atoms with Crippen LogP contribution in [-0.4, -0.2) is 34.9 Å². The normalized spacial score (nSPS) is 19.5. The van der Waals surface area contributed by atoms with Gasteiger partial charge in [0.1, 0.15) is 0 Å². The van der Waals surface area contributed by atoms with Crippen molar-refractivity contribution in [3.05, 3.63) is 36.2 Å². The number of rotatable bonds is 8. The Balaban J connectivity index is 0.000000311. The summed E-state index contributed by atoms with van der Waals surface area (Å²) in [6.45, 7) is 24.4. The van der Waals surface area contributed by atoms with E-state index in [4.69, 9.17) is 5.73 Å². The second-order valence-corrected chi connectivity index (χ2v) is 10.5. The van der Waals surface area contributed by atoms with Crippen molar-refractivity contribution in [2.24, 2.45) is 28.0 Å². The van der Waals surface area contributed by atoms with E-state index in [0.717, 1.165) is 29.6 Å². The van der Waals surface area contributed by atoms with Crippen molar-refractivity contribution < 1.29 is 0 Å². The first-order chi connectivity index (χ1) is 14.5. The molecule has 0 saturated heterocycles. The first kappa shape index (κ1) is 27.4. The van der Waals surface area contributed by atoms with Gasteiger partial charge in [-0.1, -0.05) is 61.1 Å². The molecule has 2 atom stereocenters. The zero-order valence-corrected chi connectivity index (χ0v) is 21.5. The van der Waals surface area contributed by atoms with Gasteiger partial charge < -0.3 is 10.6 Å². The summed E-state index contributed by atoms with van der Waals surface area (Å²) >= 11 is 0. The first-order valence-corrected chi connectivity index (χ1v) is 12.2. The van der Waals surface area contributed by atoms with Crippen LogP contribution in [0.3, 0.4) is 0 Å². The third kappa shape index (κ3) is 9.99. The molecular weight excluding hydrogens is 380 g/mol. The molecule has 1 aliphatic rings. The molecule has 0 spiro atoms. The molecule has 176 valence electrons. The number of hydrogen-bond donors (Lipinski definition) is 1. The van der Waals surface area contributed by atoms with Gasteiger partial charge in [0, 0.05) is 18.7 Å². The van der Waals surface area contributed by atoms with E-state index in [2.05, 4.69) is 69.9 Å². The average Bonchev–Trinajstić information content (AvgIpc) is 3.17. The molecule has 0 radical (unpaired) electrons. The van der Waals surface area contributed by atoms with E-state index in [-0.39, 0.29) is 0 Å². The molecule has 1 aromatic rings. The van der Waals surface area contributed by atoms with Gasteiger partial charge in [-0.2, -0.15) is 0 Å². The van der Waals surface area contributed by atoms with Crippen molar-refractivity contribution in [2.75, 3.05) is 13.1 Å². The zero-order valence-electron chi connectivity index (χ0n) is 21.5. The van der Waals surface area contributed by atoms with Crippen molar-refractivity contribution in [1.82, 2.24) is 9.88 Å². The molecule has 1 heterocycles. The van der Waals surface area contributed by atoms with Crippen LogP contribution in [0, 0.1) is 24.2 Å². The predicted molar refractivity (Wildman–Crippen MR) is 137 cm³/mol. The summed E-state index contributed by atoms with van der Waals surface area (Å²) in [6, 6.07) is 4.77. The van der Waals surface area contributed by atoms with E-state index in [0.29, 0.717) is 22.9 Å². The highest BCUT2D eigenvalue weighted by Gasteiger charge is 2.34. The van der Waals surface area contributed by atoms with E-state index in [1.165, 1.54) is 38.8 Å². The molecule has 2 unspecified atom stereocenters. The van der Waals surface area contributed by atoms with Gasteiger partial charge >= 0.3 is 0 Å². The van der Waals surface area contributed by atoms with Gasteiger partial charge in [-0.05, 0) is 74.6 Å². The number of amidine groups is 1. The van der Waals surface area contributed by atoms with Crippen LogP contribution in [0.2, 0.25) is 0 Å². The van der Waals surface area contributed by atoms with Crippen molar-refractivity contribution >= 4 is 11.5 Å². The van der Waals surface area contributed by atoms with E-state index in [1.807, 2.05) is 19.1 Å². The Kier molecular flexibility index (Phi) is 11.5. The highest BCUT2D eigenvalue weighted by molar-refractivity contribution is 5.86. The highest BCUT2D eigenvalue weighted by Crippen LogP contribution is 2.40. The lowest BCUT2D eigenvalue weighted by Crippen LogP contribution is -2.34. The minimum Gasteiger partial charge on any atom is -0.387 e. The summed E-state index contributed by atoms with van der Waals surface area (Å²) in [5.74, 6) is 2.05. The molecule has 0 amide bonds. The van der Waals surface area contributed by atoms with Gasteiger partial charge in [-0.15, -0.1) is 0 Å². The molecule has 1 fully saturated rings. The fraction of sp³-hybridized carbons (Fsp3) is 0.704. The molecular formula is C27H48N4. The molecule has 0 bridgehead atoms. The molecule has 0 aromatic carbocycles. The lowest BCUT2D eigenvalue weighted by molar-refractivity contribution is 0.182. The van der Waals surface area contributed by atoms with Crippen LogP contribution >= 0.6 is 0 Å². The molecule has 1 saturated carbocycles. The second-order valence-electron chi connectivity index (χ2n) is 10.5. The van der Waals surface area contributed by atoms with Crippen LogP contribution < -0.4 is 5.73 Å². The van der Waals surface area contributed by atoms with Crippen molar-refractivity contribution in [3.63, 3.8) is 0 Å². The average molecular weight is 429 g/mol. The Hall–Kier alpha value is -1.68. The summed E-state index contributed by atoms with van der Waals surface area (Å²) in [7, 11) is 0. The smallest absolute Gasteiger partial charge is 0.0999 e. The van der Waals surface area contributed by atoms with Crippen LogP contribution in [0.15, 0.2) is 29.9 Å².